The van der Waals surface area contributed by atoms with Crippen LogP contribution in [0.4, 0.5) is 0 Å². The fraction of sp³-hybridized carbons (Fsp3) is 0.231. The molecule has 2 nitrogen and oxygen atoms in total. The van der Waals surface area contributed by atoms with Gasteiger partial charge in [-0.2, -0.15) is 11.3 Å². The van der Waals surface area contributed by atoms with Gasteiger partial charge < -0.3 is 9.47 Å². The van der Waals surface area contributed by atoms with Gasteiger partial charge in [-0.3, -0.25) is 0 Å². The topological polar surface area (TPSA) is 18.5 Å². The van der Waals surface area contributed by atoms with Gasteiger partial charge in [0.25, 0.3) is 0 Å². The smallest absolute Gasteiger partial charge is 0.231 e. The highest BCUT2D eigenvalue weighted by Gasteiger charge is 2.16. The Morgan fingerprint density at radius 2 is 2.12 bits per heavy atom. The first kappa shape index (κ1) is 10.9. The van der Waals surface area contributed by atoms with Gasteiger partial charge in [0, 0.05) is 0 Å². The number of ether oxygens (including phenoxy) is 2. The van der Waals surface area contributed by atoms with E-state index in [9.17, 15) is 0 Å². The average Bonchev–Trinajstić information content (AvgIpc) is 2.97. The van der Waals surface area contributed by atoms with E-state index in [1.54, 1.807) is 11.3 Å². The predicted octanol–water partition coefficient (Wildman–Crippen LogP) is 4.00. The van der Waals surface area contributed by atoms with Crippen molar-refractivity contribution in [3.63, 3.8) is 0 Å². The maximum atomic E-state index is 6.41. The van der Waals surface area contributed by atoms with Crippen LogP contribution < -0.4 is 9.47 Å². The first-order chi connectivity index (χ1) is 8.33. The Balaban J connectivity index is 1.79. The number of fused-ring (bicyclic) bond motifs is 1. The third-order valence-electron chi connectivity index (χ3n) is 2.75. The van der Waals surface area contributed by atoms with Crippen molar-refractivity contribution in [2.24, 2.45) is 0 Å². The number of hydrogen-bond donors (Lipinski definition) is 0. The number of alkyl halides is 1. The molecule has 0 amide bonds. The van der Waals surface area contributed by atoms with Crippen molar-refractivity contribution in [2.75, 3.05) is 6.79 Å². The van der Waals surface area contributed by atoms with Crippen LogP contribution >= 0.6 is 22.9 Å². The van der Waals surface area contributed by atoms with E-state index < -0.39 is 0 Å². The van der Waals surface area contributed by atoms with Crippen molar-refractivity contribution in [3.8, 4) is 11.5 Å². The average molecular weight is 267 g/mol. The summed E-state index contributed by atoms with van der Waals surface area (Å²) in [4.78, 5) is 0. The summed E-state index contributed by atoms with van der Waals surface area (Å²) in [5.41, 5.74) is 2.34. The zero-order chi connectivity index (χ0) is 11.7. The van der Waals surface area contributed by atoms with E-state index in [1.807, 2.05) is 18.2 Å². The van der Waals surface area contributed by atoms with Crippen LogP contribution in [0.2, 0.25) is 0 Å². The second-order valence-electron chi connectivity index (χ2n) is 3.92. The van der Waals surface area contributed by atoms with Crippen LogP contribution in [0.5, 0.6) is 11.5 Å². The number of halogens is 1. The normalized spacial score (nSPS) is 14.9. The lowest BCUT2D eigenvalue weighted by atomic mass is 10.1. The molecule has 1 aliphatic rings. The first-order valence-corrected chi connectivity index (χ1v) is 6.75. The summed E-state index contributed by atoms with van der Waals surface area (Å²) in [7, 11) is 0. The molecule has 1 aromatic heterocycles. The minimum Gasteiger partial charge on any atom is -0.454 e. The lowest BCUT2D eigenvalue weighted by molar-refractivity contribution is 0.174. The van der Waals surface area contributed by atoms with Crippen LogP contribution in [0.1, 0.15) is 16.5 Å². The number of hydrogen-bond acceptors (Lipinski definition) is 3. The van der Waals surface area contributed by atoms with Gasteiger partial charge in [0.1, 0.15) is 0 Å². The Morgan fingerprint density at radius 1 is 1.24 bits per heavy atom. The number of rotatable bonds is 3. The molecular formula is C13H11ClO2S. The van der Waals surface area contributed by atoms with Crippen molar-refractivity contribution in [3.05, 3.63) is 46.2 Å². The van der Waals surface area contributed by atoms with Gasteiger partial charge in [0.05, 0.1) is 5.38 Å². The molecule has 1 aromatic carbocycles. The highest BCUT2D eigenvalue weighted by Crippen LogP contribution is 2.36. The van der Waals surface area contributed by atoms with Crippen molar-refractivity contribution in [1.29, 1.82) is 0 Å². The van der Waals surface area contributed by atoms with Crippen LogP contribution in [0, 0.1) is 0 Å². The lowest BCUT2D eigenvalue weighted by Crippen LogP contribution is -1.95. The van der Waals surface area contributed by atoms with Gasteiger partial charge >= 0.3 is 0 Å². The SMILES string of the molecule is ClC(Cc1ccsc1)c1ccc2c(c1)OCO2. The Morgan fingerprint density at radius 3 is 2.94 bits per heavy atom. The predicted molar refractivity (Wildman–Crippen MR) is 69.2 cm³/mol. The summed E-state index contributed by atoms with van der Waals surface area (Å²) in [6.07, 6.45) is 0.838. The molecule has 3 rings (SSSR count). The molecular weight excluding hydrogens is 256 g/mol. The molecule has 88 valence electrons. The van der Waals surface area contributed by atoms with Crippen LogP contribution in [0.3, 0.4) is 0 Å². The molecule has 0 bridgehead atoms. The molecule has 0 radical (unpaired) electrons. The van der Waals surface area contributed by atoms with E-state index >= 15 is 0 Å². The van der Waals surface area contributed by atoms with Crippen LogP contribution in [-0.2, 0) is 6.42 Å². The lowest BCUT2D eigenvalue weighted by Gasteiger charge is -2.09. The van der Waals surface area contributed by atoms with E-state index in [4.69, 9.17) is 21.1 Å². The van der Waals surface area contributed by atoms with E-state index in [-0.39, 0.29) is 5.38 Å². The largest absolute Gasteiger partial charge is 0.454 e. The van der Waals surface area contributed by atoms with Crippen molar-refractivity contribution >= 4 is 22.9 Å². The number of benzene rings is 1. The zero-order valence-electron chi connectivity index (χ0n) is 9.06. The minimum absolute atomic E-state index is 0.0286. The Labute approximate surface area is 109 Å². The fourth-order valence-electron chi connectivity index (χ4n) is 1.84. The van der Waals surface area contributed by atoms with E-state index in [0.29, 0.717) is 6.79 Å². The summed E-state index contributed by atoms with van der Waals surface area (Å²) in [5, 5.41) is 4.17. The van der Waals surface area contributed by atoms with Crippen molar-refractivity contribution in [2.45, 2.75) is 11.8 Å². The van der Waals surface area contributed by atoms with E-state index in [2.05, 4.69) is 16.8 Å². The molecule has 17 heavy (non-hydrogen) atoms. The third-order valence-corrected chi connectivity index (χ3v) is 3.89. The molecule has 0 saturated heterocycles. The molecule has 1 aliphatic heterocycles. The Bertz CT molecular complexity index is 510. The summed E-state index contributed by atoms with van der Waals surface area (Å²) in [5.74, 6) is 1.59. The maximum absolute atomic E-state index is 6.41. The van der Waals surface area contributed by atoms with Gasteiger partial charge in [-0.25, -0.2) is 0 Å². The Kier molecular flexibility index (Phi) is 2.95. The van der Waals surface area contributed by atoms with E-state index in [0.717, 1.165) is 23.5 Å². The van der Waals surface area contributed by atoms with Crippen molar-refractivity contribution in [1.82, 2.24) is 0 Å². The molecule has 2 aromatic rings. The molecule has 0 spiro atoms. The van der Waals surface area contributed by atoms with Gasteiger partial charge in [0.15, 0.2) is 11.5 Å². The van der Waals surface area contributed by atoms with Crippen LogP contribution in [-0.4, -0.2) is 6.79 Å². The quantitative estimate of drug-likeness (QED) is 0.782. The second kappa shape index (κ2) is 4.59. The number of thiophene rings is 1. The summed E-state index contributed by atoms with van der Waals surface area (Å²) in [6.45, 7) is 0.302. The molecule has 0 N–H and O–H groups in total. The van der Waals surface area contributed by atoms with Crippen LogP contribution in [0.15, 0.2) is 35.0 Å². The summed E-state index contributed by atoms with van der Waals surface area (Å²) < 4.78 is 10.6. The molecule has 0 saturated carbocycles. The second-order valence-corrected chi connectivity index (χ2v) is 5.22. The molecule has 2 heterocycles. The highest BCUT2D eigenvalue weighted by atomic mass is 35.5. The molecule has 1 atom stereocenters. The third kappa shape index (κ3) is 2.26. The minimum atomic E-state index is -0.0286. The van der Waals surface area contributed by atoms with Gasteiger partial charge in [-0.05, 0) is 46.5 Å². The zero-order valence-corrected chi connectivity index (χ0v) is 10.6. The monoisotopic (exact) mass is 266 g/mol. The van der Waals surface area contributed by atoms with Gasteiger partial charge in [-0.1, -0.05) is 6.07 Å². The van der Waals surface area contributed by atoms with Crippen molar-refractivity contribution < 1.29 is 9.47 Å². The molecule has 1 unspecified atom stereocenters. The summed E-state index contributed by atoms with van der Waals surface area (Å²) >= 11 is 8.10. The molecule has 4 heteroatoms. The fourth-order valence-corrected chi connectivity index (χ4v) is 2.84. The Hall–Kier alpha value is -1.19. The standard InChI is InChI=1S/C13H11ClO2S/c14-11(5-9-3-4-17-7-9)10-1-2-12-13(6-10)16-8-15-12/h1-4,6-7,11H,5,8H2. The first-order valence-electron chi connectivity index (χ1n) is 5.37. The van der Waals surface area contributed by atoms with Crippen LogP contribution in [0.25, 0.3) is 0 Å². The van der Waals surface area contributed by atoms with Gasteiger partial charge in [-0.15, -0.1) is 11.6 Å². The van der Waals surface area contributed by atoms with E-state index in [1.165, 1.54) is 5.56 Å². The highest BCUT2D eigenvalue weighted by molar-refractivity contribution is 7.07. The maximum Gasteiger partial charge on any atom is 0.231 e. The summed E-state index contributed by atoms with van der Waals surface area (Å²) in [6, 6.07) is 7.98. The molecule has 0 fully saturated rings. The van der Waals surface area contributed by atoms with Gasteiger partial charge in [0.2, 0.25) is 6.79 Å². The molecule has 0 aliphatic carbocycles.